The maximum Gasteiger partial charge on any atom is 0.256 e. The number of pyridine rings is 1. The number of amides is 1. The lowest BCUT2D eigenvalue weighted by molar-refractivity contribution is 0.102. The van der Waals surface area contributed by atoms with Crippen molar-refractivity contribution in [2.45, 2.75) is 0 Å². The van der Waals surface area contributed by atoms with E-state index in [-0.39, 0.29) is 5.91 Å². The van der Waals surface area contributed by atoms with Crippen molar-refractivity contribution in [2.75, 3.05) is 11.1 Å². The number of hydrogen-bond acceptors (Lipinski definition) is 3. The number of halogens is 1. The third-order valence-electron chi connectivity index (χ3n) is 2.16. The molecular formula is C12H10IN3O. The monoisotopic (exact) mass is 339 g/mol. The first kappa shape index (κ1) is 11.8. The van der Waals surface area contributed by atoms with Crippen molar-refractivity contribution >= 4 is 40.0 Å². The van der Waals surface area contributed by atoms with Crippen molar-refractivity contribution in [2.24, 2.45) is 0 Å². The van der Waals surface area contributed by atoms with Gasteiger partial charge in [0.1, 0.15) is 0 Å². The highest BCUT2D eigenvalue weighted by Crippen LogP contribution is 2.15. The normalized spacial score (nSPS) is 9.94. The fraction of sp³-hybridized carbons (Fsp3) is 0. The maximum absolute atomic E-state index is 11.9. The number of nitrogen functional groups attached to an aromatic ring is 1. The lowest BCUT2D eigenvalue weighted by Crippen LogP contribution is -2.14. The molecule has 0 aliphatic heterocycles. The van der Waals surface area contributed by atoms with Crippen molar-refractivity contribution in [3.05, 3.63) is 51.7 Å². The summed E-state index contributed by atoms with van der Waals surface area (Å²) in [5, 5.41) is 2.68. The highest BCUT2D eigenvalue weighted by Gasteiger charge is 2.08. The standard InChI is InChI=1S/C12H10IN3O/c13-9-4-1-3-8(7-9)12(17)16-11-10(14)5-2-6-15-11/h1-7H,14H2,(H,15,16,17). The van der Waals surface area contributed by atoms with E-state index in [1.54, 1.807) is 30.5 Å². The van der Waals surface area contributed by atoms with Crippen molar-refractivity contribution < 1.29 is 4.79 Å². The van der Waals surface area contributed by atoms with Gasteiger partial charge in [-0.3, -0.25) is 4.79 Å². The first-order valence-corrected chi connectivity index (χ1v) is 6.02. The van der Waals surface area contributed by atoms with Gasteiger partial charge in [-0.2, -0.15) is 0 Å². The smallest absolute Gasteiger partial charge is 0.256 e. The molecule has 0 aliphatic carbocycles. The molecule has 5 heteroatoms. The molecule has 0 bridgehead atoms. The Morgan fingerprint density at radius 3 is 2.82 bits per heavy atom. The van der Waals surface area contributed by atoms with Crippen LogP contribution in [0.25, 0.3) is 0 Å². The number of aromatic nitrogens is 1. The average Bonchev–Trinajstić information content (AvgIpc) is 2.32. The SMILES string of the molecule is Nc1cccnc1NC(=O)c1cccc(I)c1. The summed E-state index contributed by atoms with van der Waals surface area (Å²) in [7, 11) is 0. The Morgan fingerprint density at radius 2 is 2.12 bits per heavy atom. The number of carbonyl (C=O) groups excluding carboxylic acids is 1. The number of anilines is 2. The lowest BCUT2D eigenvalue weighted by atomic mass is 10.2. The van der Waals surface area contributed by atoms with E-state index in [0.29, 0.717) is 17.1 Å². The van der Waals surface area contributed by atoms with Crippen molar-refractivity contribution in [3.8, 4) is 0 Å². The quantitative estimate of drug-likeness (QED) is 0.827. The Morgan fingerprint density at radius 1 is 1.29 bits per heavy atom. The van der Waals surface area contributed by atoms with Crippen molar-refractivity contribution in [1.82, 2.24) is 4.98 Å². The molecule has 4 nitrogen and oxygen atoms in total. The van der Waals surface area contributed by atoms with Gasteiger partial charge in [-0.1, -0.05) is 6.07 Å². The first-order chi connectivity index (χ1) is 8.16. The molecule has 0 radical (unpaired) electrons. The van der Waals surface area contributed by atoms with E-state index in [1.807, 2.05) is 12.1 Å². The van der Waals surface area contributed by atoms with Crippen LogP contribution in [-0.2, 0) is 0 Å². The Kier molecular flexibility index (Phi) is 3.58. The third-order valence-corrected chi connectivity index (χ3v) is 2.83. The van der Waals surface area contributed by atoms with Crippen LogP contribution >= 0.6 is 22.6 Å². The van der Waals surface area contributed by atoms with Gasteiger partial charge in [0, 0.05) is 15.3 Å². The largest absolute Gasteiger partial charge is 0.396 e. The van der Waals surface area contributed by atoms with Crippen LogP contribution in [0.4, 0.5) is 11.5 Å². The van der Waals surface area contributed by atoms with Gasteiger partial charge >= 0.3 is 0 Å². The van der Waals surface area contributed by atoms with Crippen LogP contribution in [0.15, 0.2) is 42.6 Å². The fourth-order valence-corrected chi connectivity index (χ4v) is 1.87. The zero-order chi connectivity index (χ0) is 12.3. The van der Waals surface area contributed by atoms with Crippen LogP contribution in [0.1, 0.15) is 10.4 Å². The van der Waals surface area contributed by atoms with Crippen LogP contribution in [0.2, 0.25) is 0 Å². The summed E-state index contributed by atoms with van der Waals surface area (Å²) in [5.74, 6) is 0.172. The molecule has 1 heterocycles. The number of rotatable bonds is 2. The molecule has 1 amide bonds. The van der Waals surface area contributed by atoms with Gasteiger partial charge in [-0.25, -0.2) is 4.98 Å². The average molecular weight is 339 g/mol. The zero-order valence-corrected chi connectivity index (χ0v) is 11.0. The van der Waals surface area contributed by atoms with Crippen LogP contribution in [0, 0.1) is 3.57 Å². The molecule has 0 spiro atoms. The Bertz CT molecular complexity index is 557. The number of nitrogens with two attached hydrogens (primary N) is 1. The van der Waals surface area contributed by atoms with E-state index in [9.17, 15) is 4.79 Å². The predicted molar refractivity (Wildman–Crippen MR) is 75.8 cm³/mol. The molecule has 86 valence electrons. The number of carbonyl (C=O) groups is 1. The van der Waals surface area contributed by atoms with Gasteiger partial charge in [0.25, 0.3) is 5.91 Å². The second-order valence-corrected chi connectivity index (χ2v) is 4.65. The van der Waals surface area contributed by atoms with Crippen LogP contribution < -0.4 is 11.1 Å². The van der Waals surface area contributed by atoms with Gasteiger partial charge in [0.05, 0.1) is 5.69 Å². The summed E-state index contributed by atoms with van der Waals surface area (Å²) in [6, 6.07) is 10.7. The van der Waals surface area contributed by atoms with E-state index >= 15 is 0 Å². The molecule has 0 fully saturated rings. The van der Waals surface area contributed by atoms with Gasteiger partial charge in [-0.15, -0.1) is 0 Å². The second-order valence-electron chi connectivity index (χ2n) is 3.41. The molecule has 1 aromatic carbocycles. The van der Waals surface area contributed by atoms with Gasteiger partial charge in [0.15, 0.2) is 5.82 Å². The molecule has 0 saturated heterocycles. The number of hydrogen-bond donors (Lipinski definition) is 2. The molecule has 1 aromatic heterocycles. The predicted octanol–water partition coefficient (Wildman–Crippen LogP) is 2.52. The van der Waals surface area contributed by atoms with E-state index in [2.05, 4.69) is 32.9 Å². The summed E-state index contributed by atoms with van der Waals surface area (Å²) < 4.78 is 1.00. The minimum Gasteiger partial charge on any atom is -0.396 e. The third kappa shape index (κ3) is 2.94. The summed E-state index contributed by atoms with van der Waals surface area (Å²) >= 11 is 2.16. The number of nitrogens with one attached hydrogen (secondary N) is 1. The van der Waals surface area contributed by atoms with Gasteiger partial charge in [0.2, 0.25) is 0 Å². The number of benzene rings is 1. The molecule has 0 saturated carbocycles. The molecule has 3 N–H and O–H groups in total. The van der Waals surface area contributed by atoms with E-state index in [0.717, 1.165) is 3.57 Å². The minimum absolute atomic E-state index is 0.214. The zero-order valence-electron chi connectivity index (χ0n) is 8.85. The topological polar surface area (TPSA) is 68.0 Å². The van der Waals surface area contributed by atoms with E-state index in [1.165, 1.54) is 0 Å². The highest BCUT2D eigenvalue weighted by atomic mass is 127. The highest BCUT2D eigenvalue weighted by molar-refractivity contribution is 14.1. The van der Waals surface area contributed by atoms with Crippen LogP contribution in [0.5, 0.6) is 0 Å². The summed E-state index contributed by atoms with van der Waals surface area (Å²) in [5.41, 5.74) is 6.73. The summed E-state index contributed by atoms with van der Waals surface area (Å²) in [4.78, 5) is 15.9. The van der Waals surface area contributed by atoms with E-state index < -0.39 is 0 Å². The lowest BCUT2D eigenvalue weighted by Gasteiger charge is -2.06. The molecule has 0 atom stereocenters. The summed E-state index contributed by atoms with van der Waals surface area (Å²) in [6.45, 7) is 0. The van der Waals surface area contributed by atoms with Crippen molar-refractivity contribution in [3.63, 3.8) is 0 Å². The van der Waals surface area contributed by atoms with Crippen molar-refractivity contribution in [1.29, 1.82) is 0 Å². The Labute approximate surface area is 112 Å². The second kappa shape index (κ2) is 5.13. The summed E-state index contributed by atoms with van der Waals surface area (Å²) in [6.07, 6.45) is 1.58. The maximum atomic E-state index is 11.9. The van der Waals surface area contributed by atoms with Gasteiger partial charge < -0.3 is 11.1 Å². The van der Waals surface area contributed by atoms with Crippen LogP contribution in [-0.4, -0.2) is 10.9 Å². The first-order valence-electron chi connectivity index (χ1n) is 4.94. The molecule has 0 unspecified atom stereocenters. The molecule has 2 aromatic rings. The Hall–Kier alpha value is -1.63. The molecule has 17 heavy (non-hydrogen) atoms. The molecular weight excluding hydrogens is 329 g/mol. The number of nitrogens with zero attached hydrogens (tertiary/aromatic N) is 1. The van der Waals surface area contributed by atoms with E-state index in [4.69, 9.17) is 5.73 Å². The molecule has 0 aliphatic rings. The van der Waals surface area contributed by atoms with Crippen LogP contribution in [0.3, 0.4) is 0 Å². The Balaban J connectivity index is 2.20. The molecule has 2 rings (SSSR count). The minimum atomic E-state index is -0.214. The fourth-order valence-electron chi connectivity index (χ4n) is 1.33. The van der Waals surface area contributed by atoms with Gasteiger partial charge in [-0.05, 0) is 52.9 Å².